The van der Waals surface area contributed by atoms with Crippen molar-refractivity contribution in [2.24, 2.45) is 0 Å². The van der Waals surface area contributed by atoms with Gasteiger partial charge in [-0.25, -0.2) is 9.59 Å². The van der Waals surface area contributed by atoms with Gasteiger partial charge in [-0.1, -0.05) is 40.9 Å². The molecule has 2 rings (SSSR count). The summed E-state index contributed by atoms with van der Waals surface area (Å²) < 4.78 is 51.2. The standard InChI is InChI=1S/C22H24BrF3N2O6/c1-14-18(21(30)34-11-6-4-3-5-10-23)19(15-8-7-9-16(12-15)28(31)32)17(20(29)33-2)13-27(14)22(24,25)26/h7-9,12-13,19H,3-6,10-11H2,1-2H3. The third kappa shape index (κ3) is 6.58. The van der Waals surface area contributed by atoms with Crippen LogP contribution in [0.4, 0.5) is 18.9 Å². The Balaban J connectivity index is 2.54. The lowest BCUT2D eigenvalue weighted by atomic mass is 9.81. The number of nitrogens with zero attached hydrogens (tertiary/aromatic N) is 2. The van der Waals surface area contributed by atoms with Gasteiger partial charge in [-0.05, 0) is 25.3 Å². The van der Waals surface area contributed by atoms with Gasteiger partial charge in [0.25, 0.3) is 5.69 Å². The summed E-state index contributed by atoms with van der Waals surface area (Å²) in [6.07, 6.45) is -1.32. The van der Waals surface area contributed by atoms with E-state index in [0.29, 0.717) is 12.6 Å². The van der Waals surface area contributed by atoms with E-state index in [1.165, 1.54) is 18.2 Å². The van der Waals surface area contributed by atoms with Crippen LogP contribution in [-0.2, 0) is 19.1 Å². The minimum Gasteiger partial charge on any atom is -0.466 e. The molecule has 8 nitrogen and oxygen atoms in total. The van der Waals surface area contributed by atoms with Crippen LogP contribution in [0.25, 0.3) is 0 Å². The SMILES string of the molecule is COC(=O)C1=CN(C(F)(F)F)C(C)=C(C(=O)OCCCCCCBr)C1c1cccc([N+](=O)[O-])c1. The lowest BCUT2D eigenvalue weighted by Gasteiger charge is -2.34. The van der Waals surface area contributed by atoms with Crippen molar-refractivity contribution in [1.82, 2.24) is 4.90 Å². The molecule has 0 bridgehead atoms. The smallest absolute Gasteiger partial charge is 0.466 e. The molecule has 1 aromatic rings. The Kier molecular flexibility index (Phi) is 9.66. The molecule has 0 saturated heterocycles. The number of halogens is 4. The van der Waals surface area contributed by atoms with E-state index in [9.17, 15) is 32.9 Å². The van der Waals surface area contributed by atoms with Crippen LogP contribution < -0.4 is 0 Å². The highest BCUT2D eigenvalue weighted by molar-refractivity contribution is 9.09. The predicted octanol–water partition coefficient (Wildman–Crippen LogP) is 5.34. The summed E-state index contributed by atoms with van der Waals surface area (Å²) in [4.78, 5) is 35.9. The number of unbranched alkanes of at least 4 members (excludes halogenated alkanes) is 3. The summed E-state index contributed by atoms with van der Waals surface area (Å²) >= 11 is 3.31. The van der Waals surface area contributed by atoms with E-state index in [1.54, 1.807) is 0 Å². The van der Waals surface area contributed by atoms with Crippen molar-refractivity contribution < 1.29 is 37.2 Å². The summed E-state index contributed by atoms with van der Waals surface area (Å²) in [5, 5.41) is 12.1. The Labute approximate surface area is 202 Å². The molecule has 0 radical (unpaired) electrons. The van der Waals surface area contributed by atoms with Crippen LogP contribution in [0.5, 0.6) is 0 Å². The fraction of sp³-hybridized carbons (Fsp3) is 0.455. The Bertz CT molecular complexity index is 993. The Hall–Kier alpha value is -2.89. The topological polar surface area (TPSA) is 99.0 Å². The predicted molar refractivity (Wildman–Crippen MR) is 120 cm³/mol. The first kappa shape index (κ1) is 27.4. The molecule has 1 aliphatic heterocycles. The number of hydrogen-bond donors (Lipinski definition) is 0. The molecule has 1 unspecified atom stereocenters. The average Bonchev–Trinajstić information content (AvgIpc) is 2.79. The highest BCUT2D eigenvalue weighted by atomic mass is 79.9. The summed E-state index contributed by atoms with van der Waals surface area (Å²) in [6, 6.07) is 5.00. The van der Waals surface area contributed by atoms with E-state index in [2.05, 4.69) is 20.7 Å². The Morgan fingerprint density at radius 1 is 1.18 bits per heavy atom. The number of esters is 2. The van der Waals surface area contributed by atoms with Gasteiger partial charge in [0.15, 0.2) is 0 Å². The van der Waals surface area contributed by atoms with Crippen LogP contribution in [0.15, 0.2) is 47.3 Å². The van der Waals surface area contributed by atoms with Crippen LogP contribution in [0, 0.1) is 10.1 Å². The van der Waals surface area contributed by atoms with Crippen LogP contribution in [-0.4, -0.2) is 47.1 Å². The highest BCUT2D eigenvalue weighted by Gasteiger charge is 2.46. The van der Waals surface area contributed by atoms with Crippen molar-refractivity contribution in [3.05, 3.63) is 63.0 Å². The zero-order valence-electron chi connectivity index (χ0n) is 18.6. The summed E-state index contributed by atoms with van der Waals surface area (Å²) in [5.41, 5.74) is -1.72. The number of ether oxygens (including phenoxy) is 2. The second-order valence-electron chi connectivity index (χ2n) is 7.44. The van der Waals surface area contributed by atoms with Gasteiger partial charge in [0.2, 0.25) is 0 Å². The number of nitro groups is 1. The van der Waals surface area contributed by atoms with E-state index < -0.39 is 45.9 Å². The fourth-order valence-corrected chi connectivity index (χ4v) is 3.98. The summed E-state index contributed by atoms with van der Waals surface area (Å²) in [5.74, 6) is -3.51. The van der Waals surface area contributed by atoms with Crippen LogP contribution in [0.2, 0.25) is 0 Å². The second kappa shape index (κ2) is 12.0. The third-order valence-corrected chi connectivity index (χ3v) is 5.77. The normalized spacial score (nSPS) is 16.2. The van der Waals surface area contributed by atoms with Gasteiger partial charge in [-0.2, -0.15) is 0 Å². The van der Waals surface area contributed by atoms with Crippen molar-refractivity contribution >= 4 is 33.6 Å². The highest BCUT2D eigenvalue weighted by Crippen LogP contribution is 2.43. The fourth-order valence-electron chi connectivity index (χ4n) is 3.58. The first-order chi connectivity index (χ1) is 16.0. The molecule has 186 valence electrons. The number of benzene rings is 1. The molecule has 34 heavy (non-hydrogen) atoms. The van der Waals surface area contributed by atoms with E-state index >= 15 is 0 Å². The maximum Gasteiger partial charge on any atom is 0.488 e. The van der Waals surface area contributed by atoms with Crippen molar-refractivity contribution in [3.8, 4) is 0 Å². The maximum atomic E-state index is 13.7. The van der Waals surface area contributed by atoms with Crippen LogP contribution >= 0.6 is 15.9 Å². The minimum atomic E-state index is -4.95. The maximum absolute atomic E-state index is 13.7. The largest absolute Gasteiger partial charge is 0.488 e. The molecule has 0 spiro atoms. The molecular weight excluding hydrogens is 525 g/mol. The molecule has 1 heterocycles. The van der Waals surface area contributed by atoms with E-state index in [0.717, 1.165) is 44.7 Å². The van der Waals surface area contributed by atoms with Crippen molar-refractivity contribution in [3.63, 3.8) is 0 Å². The van der Waals surface area contributed by atoms with Gasteiger partial charge < -0.3 is 9.47 Å². The van der Waals surface area contributed by atoms with Gasteiger partial charge in [0.1, 0.15) is 0 Å². The van der Waals surface area contributed by atoms with Crippen molar-refractivity contribution in [2.45, 2.75) is 44.8 Å². The number of rotatable bonds is 10. The molecule has 0 N–H and O–H groups in total. The van der Waals surface area contributed by atoms with Crippen molar-refractivity contribution in [2.75, 3.05) is 19.0 Å². The number of carbonyl (C=O) groups excluding carboxylic acids is 2. The molecule has 1 atom stereocenters. The zero-order valence-corrected chi connectivity index (χ0v) is 20.1. The molecular formula is C22H24BrF3N2O6. The van der Waals surface area contributed by atoms with Crippen molar-refractivity contribution in [1.29, 1.82) is 0 Å². The molecule has 0 aromatic heterocycles. The Morgan fingerprint density at radius 3 is 2.44 bits per heavy atom. The molecule has 0 saturated carbocycles. The first-order valence-corrected chi connectivity index (χ1v) is 11.5. The van der Waals surface area contributed by atoms with Gasteiger partial charge in [-0.15, -0.1) is 13.2 Å². The molecule has 0 aliphatic carbocycles. The third-order valence-electron chi connectivity index (χ3n) is 5.21. The van der Waals surface area contributed by atoms with Crippen LogP contribution in [0.1, 0.15) is 44.1 Å². The number of methoxy groups -OCH3 is 1. The monoisotopic (exact) mass is 548 g/mol. The number of non-ortho nitro benzene ring substituents is 1. The minimum absolute atomic E-state index is 0.0250. The number of nitro benzene ring substituents is 1. The lowest BCUT2D eigenvalue weighted by molar-refractivity contribution is -0.384. The summed E-state index contributed by atoms with van der Waals surface area (Å²) in [6.45, 7) is 1.05. The number of carbonyl (C=O) groups is 2. The Morgan fingerprint density at radius 2 is 1.85 bits per heavy atom. The van der Waals surface area contributed by atoms with Gasteiger partial charge >= 0.3 is 18.2 Å². The average molecular weight is 549 g/mol. The molecule has 1 aliphatic rings. The quantitative estimate of drug-likeness (QED) is 0.0970. The molecule has 1 aromatic carbocycles. The summed E-state index contributed by atoms with van der Waals surface area (Å²) in [7, 11) is 0.988. The molecule has 0 amide bonds. The van der Waals surface area contributed by atoms with E-state index in [-0.39, 0.29) is 22.8 Å². The van der Waals surface area contributed by atoms with Crippen LogP contribution in [0.3, 0.4) is 0 Å². The number of allylic oxidation sites excluding steroid dienone is 1. The van der Waals surface area contributed by atoms with Gasteiger partial charge in [0, 0.05) is 29.4 Å². The molecule has 12 heteroatoms. The van der Waals surface area contributed by atoms with E-state index in [4.69, 9.17) is 4.74 Å². The number of hydrogen-bond acceptors (Lipinski definition) is 7. The van der Waals surface area contributed by atoms with Gasteiger partial charge in [0.05, 0.1) is 35.7 Å². The van der Waals surface area contributed by atoms with E-state index in [1.807, 2.05) is 0 Å². The lowest BCUT2D eigenvalue weighted by Crippen LogP contribution is -2.39. The molecule has 0 fully saturated rings. The number of alkyl halides is 4. The van der Waals surface area contributed by atoms with Gasteiger partial charge in [-0.3, -0.25) is 15.0 Å². The second-order valence-corrected chi connectivity index (χ2v) is 8.23. The first-order valence-electron chi connectivity index (χ1n) is 10.4. The zero-order chi connectivity index (χ0) is 25.5.